The van der Waals surface area contributed by atoms with Gasteiger partial charge in [0.15, 0.2) is 23.0 Å². The SMILES string of the molecule is C=Cc1ccc2cc(Oc3cccc(Oc4cc5c(cc4Oc4cccc(Oc6ccc7cc(C=C)ccc7c6)c4C#N)C4(CC5(C)C)CC(C)(C)c5cc(Oc6cccc(Oc7ccc8cc(C=C)ccc8c7)c6C#N)c(Oc6cccc(Oc7ccc8cc(C(C)C)ccc8c7)c6C#N)cc54)c3C#N)ccc2c1. The number of fused-ring (bicyclic) bond motifs is 8. The Bertz CT molecular complexity index is 6360. The van der Waals surface area contributed by atoms with Crippen LogP contribution in [0.1, 0.15) is 127 Å². The van der Waals surface area contributed by atoms with Crippen molar-refractivity contribution in [3.05, 3.63) is 329 Å². The molecule has 12 nitrogen and oxygen atoms in total. The summed E-state index contributed by atoms with van der Waals surface area (Å²) < 4.78 is 54.9. The molecule has 1 atom stereocenters. The van der Waals surface area contributed by atoms with Crippen molar-refractivity contribution in [2.24, 2.45) is 0 Å². The third-order valence-electron chi connectivity index (χ3n) is 21.1. The van der Waals surface area contributed by atoms with E-state index in [2.05, 4.69) is 110 Å². The van der Waals surface area contributed by atoms with E-state index in [0.717, 1.165) is 82.0 Å². The van der Waals surface area contributed by atoms with Gasteiger partial charge in [-0.15, -0.1) is 0 Å². The van der Waals surface area contributed by atoms with E-state index in [1.807, 2.05) is 146 Å². The molecule has 16 rings (SSSR count). The lowest BCUT2D eigenvalue weighted by Crippen LogP contribution is -2.27. The van der Waals surface area contributed by atoms with E-state index in [9.17, 15) is 21.0 Å². The van der Waals surface area contributed by atoms with Gasteiger partial charge in [0.2, 0.25) is 0 Å². The van der Waals surface area contributed by atoms with Crippen molar-refractivity contribution in [3.8, 4) is 116 Å². The van der Waals surface area contributed by atoms with Crippen LogP contribution < -0.4 is 37.9 Å². The lowest BCUT2D eigenvalue weighted by atomic mass is 9.72. The molecule has 0 aliphatic heterocycles. The molecule has 110 heavy (non-hydrogen) atoms. The quantitative estimate of drug-likeness (QED) is 0.0709. The Balaban J connectivity index is 0.833. The van der Waals surface area contributed by atoms with Gasteiger partial charge in [0.05, 0.1) is 0 Å². The smallest absolute Gasteiger partial charge is 0.170 e. The van der Waals surface area contributed by atoms with Crippen LogP contribution in [0.25, 0.3) is 61.3 Å². The largest absolute Gasteiger partial charge is 0.456 e. The minimum absolute atomic E-state index is 0.124. The summed E-state index contributed by atoms with van der Waals surface area (Å²) in [6.07, 6.45) is 6.56. The number of nitriles is 4. The molecule has 0 saturated heterocycles. The molecule has 1 spiro atoms. The van der Waals surface area contributed by atoms with Crippen molar-refractivity contribution in [1.29, 1.82) is 21.0 Å². The fourth-order valence-electron chi connectivity index (χ4n) is 15.7. The summed E-state index contributed by atoms with van der Waals surface area (Å²) in [7, 11) is 0. The average Bonchev–Trinajstić information content (AvgIpc) is 1.52. The third-order valence-corrected chi connectivity index (χ3v) is 21.1. The first-order valence-corrected chi connectivity index (χ1v) is 36.3. The number of rotatable bonds is 20. The van der Waals surface area contributed by atoms with Gasteiger partial charge in [0.25, 0.3) is 0 Å². The first kappa shape index (κ1) is 70.0. The molecule has 0 amide bonds. The van der Waals surface area contributed by atoms with E-state index in [1.54, 1.807) is 91.0 Å². The molecule has 0 fully saturated rings. The van der Waals surface area contributed by atoms with E-state index in [0.29, 0.717) is 41.8 Å². The van der Waals surface area contributed by atoms with E-state index < -0.39 is 16.2 Å². The fourth-order valence-corrected chi connectivity index (χ4v) is 15.7. The maximum absolute atomic E-state index is 11.3. The highest BCUT2D eigenvalue weighted by atomic mass is 16.5. The molecule has 14 aromatic carbocycles. The zero-order chi connectivity index (χ0) is 76.2. The Kier molecular flexibility index (Phi) is 18.0. The van der Waals surface area contributed by atoms with E-state index in [-0.39, 0.29) is 91.2 Å². The monoisotopic (exact) mass is 1430 g/mol. The van der Waals surface area contributed by atoms with E-state index >= 15 is 0 Å². The maximum atomic E-state index is 11.3. The fraction of sp³-hybridized carbons (Fsp3) is 0.122. The van der Waals surface area contributed by atoms with Gasteiger partial charge in [0.1, 0.15) is 116 Å². The summed E-state index contributed by atoms with van der Waals surface area (Å²) >= 11 is 0. The van der Waals surface area contributed by atoms with Crippen molar-refractivity contribution < 1.29 is 37.9 Å². The highest BCUT2D eigenvalue weighted by molar-refractivity contribution is 5.89. The van der Waals surface area contributed by atoms with Crippen LogP contribution in [-0.2, 0) is 16.2 Å². The lowest BCUT2D eigenvalue weighted by molar-refractivity contribution is 0.349. The summed E-state index contributed by atoms with van der Waals surface area (Å²) in [4.78, 5) is 0. The van der Waals surface area contributed by atoms with Crippen LogP contribution in [0.5, 0.6) is 92.0 Å². The van der Waals surface area contributed by atoms with E-state index in [1.165, 1.54) is 5.56 Å². The Hall–Kier alpha value is -14.3. The van der Waals surface area contributed by atoms with Gasteiger partial charge in [-0.1, -0.05) is 183 Å². The molecule has 0 radical (unpaired) electrons. The van der Waals surface area contributed by atoms with Gasteiger partial charge in [-0.25, -0.2) is 0 Å². The van der Waals surface area contributed by atoms with Gasteiger partial charge in [-0.2, -0.15) is 21.0 Å². The minimum Gasteiger partial charge on any atom is -0.456 e. The average molecular weight is 1430 g/mol. The molecule has 14 aromatic rings. The molecule has 2 aliphatic rings. The first-order valence-electron chi connectivity index (χ1n) is 36.3. The van der Waals surface area contributed by atoms with Crippen molar-refractivity contribution in [2.45, 2.75) is 76.5 Å². The summed E-state index contributed by atoms with van der Waals surface area (Å²) in [5.41, 5.74) is 6.48. The van der Waals surface area contributed by atoms with Crippen LogP contribution in [-0.4, -0.2) is 0 Å². The van der Waals surface area contributed by atoms with Gasteiger partial charge in [0, 0.05) is 5.41 Å². The Labute approximate surface area is 638 Å². The molecular weight excluding hydrogens is 1360 g/mol. The highest BCUT2D eigenvalue weighted by Gasteiger charge is 2.57. The van der Waals surface area contributed by atoms with Crippen LogP contribution in [0.4, 0.5) is 0 Å². The van der Waals surface area contributed by atoms with Gasteiger partial charge in [-0.3, -0.25) is 0 Å². The predicted molar refractivity (Wildman–Crippen MR) is 434 cm³/mol. The third kappa shape index (κ3) is 13.1. The zero-order valence-corrected chi connectivity index (χ0v) is 61.5. The zero-order valence-electron chi connectivity index (χ0n) is 61.5. The minimum atomic E-state index is -0.803. The molecule has 0 bridgehead atoms. The lowest BCUT2D eigenvalue weighted by Gasteiger charge is -2.31. The number of ether oxygens (including phenoxy) is 8. The second kappa shape index (κ2) is 28.2. The van der Waals surface area contributed by atoms with Gasteiger partial charge >= 0.3 is 0 Å². The second-order valence-corrected chi connectivity index (χ2v) is 29.5. The number of hydrogen-bond donors (Lipinski definition) is 0. The Morgan fingerprint density at radius 1 is 0.291 bits per heavy atom. The van der Waals surface area contributed by atoms with Crippen LogP contribution >= 0.6 is 0 Å². The Morgan fingerprint density at radius 2 is 0.536 bits per heavy atom. The van der Waals surface area contributed by atoms with Crippen molar-refractivity contribution in [1.82, 2.24) is 0 Å². The standard InChI is InChI=1S/C98H72N4O8/c1-10-60-25-28-68-45-72(37-33-64(68)41-60)103-84-17-13-21-88(76(84)53-99)107-92-49-80-82(51-94(92)109-90-23-15-19-86(78(90)55-101)105-74-39-35-66-43-62(12-3)27-30-70(66)47-74)98(57-96(80,6)7)58-97(8,9)81-50-93(108-89-22-14-18-85(77(89)54-100)104-73-38-34-65-42-61(11-2)26-29-69(65)46-73)95(52-83(81)98)110-91-24-16-20-87(79(91)56-102)106-75-40-36-67-44-63(59(4)5)31-32-71(67)48-75/h10-52,59H,1-3,57-58H2,4-9H3. The van der Waals surface area contributed by atoms with Gasteiger partial charge < -0.3 is 37.9 Å². The summed E-state index contributed by atoms with van der Waals surface area (Å²) in [5.74, 6) is 5.30. The first-order chi connectivity index (χ1) is 53.3. The van der Waals surface area contributed by atoms with Gasteiger partial charge in [-0.05, 0) is 257 Å². The number of nitrogens with zero attached hydrogens (tertiary/aromatic N) is 4. The van der Waals surface area contributed by atoms with Crippen LogP contribution in [0.3, 0.4) is 0 Å². The number of hydrogen-bond acceptors (Lipinski definition) is 12. The van der Waals surface area contributed by atoms with Crippen LogP contribution in [0.2, 0.25) is 0 Å². The topological polar surface area (TPSA) is 169 Å². The van der Waals surface area contributed by atoms with Crippen molar-refractivity contribution >= 4 is 61.3 Å². The normalized spacial score (nSPS) is 14.2. The molecule has 2 aliphatic carbocycles. The van der Waals surface area contributed by atoms with Crippen molar-refractivity contribution in [2.75, 3.05) is 0 Å². The van der Waals surface area contributed by atoms with E-state index in [4.69, 9.17) is 37.9 Å². The predicted octanol–water partition coefficient (Wildman–Crippen LogP) is 26.8. The summed E-state index contributed by atoms with van der Waals surface area (Å²) in [5, 5.41) is 52.7. The molecule has 532 valence electrons. The van der Waals surface area contributed by atoms with Crippen LogP contribution in [0.15, 0.2) is 262 Å². The number of benzene rings is 14. The molecule has 0 saturated carbocycles. The van der Waals surface area contributed by atoms with Crippen molar-refractivity contribution in [3.63, 3.8) is 0 Å². The molecule has 12 heteroatoms. The molecule has 0 aromatic heterocycles. The molecule has 0 heterocycles. The maximum Gasteiger partial charge on any atom is 0.170 e. The van der Waals surface area contributed by atoms with Crippen LogP contribution in [0, 0.1) is 45.3 Å². The summed E-state index contributed by atoms with van der Waals surface area (Å²) in [6.45, 7) is 25.0. The summed E-state index contributed by atoms with van der Waals surface area (Å²) in [6, 6.07) is 86.2. The Morgan fingerprint density at radius 3 is 0.809 bits per heavy atom. The highest BCUT2D eigenvalue weighted by Crippen LogP contribution is 2.66. The molecule has 0 N–H and O–H groups in total. The molecular formula is C98H72N4O8. The molecule has 1 unspecified atom stereocenters. The second-order valence-electron chi connectivity index (χ2n) is 29.5.